The highest BCUT2D eigenvalue weighted by molar-refractivity contribution is 5.94. The Morgan fingerprint density at radius 2 is 1.91 bits per heavy atom. The Bertz CT molecular complexity index is 662. The van der Waals surface area contributed by atoms with Crippen molar-refractivity contribution in [2.45, 2.75) is 6.92 Å². The Morgan fingerprint density at radius 3 is 2.64 bits per heavy atom. The number of carbonyl (C=O) groups excluding carboxylic acids is 1. The maximum absolute atomic E-state index is 13.4. The molecule has 1 amide bonds. The average Bonchev–Trinajstić information content (AvgIpc) is 2.49. The number of carbonyl (C=O) groups is 1. The van der Waals surface area contributed by atoms with Crippen molar-refractivity contribution in [2.75, 3.05) is 23.8 Å². The molecule has 0 bridgehead atoms. The Kier molecular flexibility index (Phi) is 5.30. The number of para-hydroxylation sites is 2. The summed E-state index contributed by atoms with van der Waals surface area (Å²) >= 11 is 0. The minimum absolute atomic E-state index is 0.0636. The van der Waals surface area contributed by atoms with E-state index >= 15 is 0 Å². The van der Waals surface area contributed by atoms with Gasteiger partial charge in [-0.2, -0.15) is 0 Å². The monoisotopic (exact) mass is 306 g/mol. The lowest BCUT2D eigenvalue weighted by atomic mass is 10.3. The van der Waals surface area contributed by atoms with Crippen LogP contribution in [-0.4, -0.2) is 19.1 Å². The maximum atomic E-state index is 13.4. The van der Waals surface area contributed by atoms with Crippen LogP contribution in [0.1, 0.15) is 6.92 Å². The third-order valence-electron chi connectivity index (χ3n) is 2.83. The van der Waals surface area contributed by atoms with Gasteiger partial charge in [0.25, 0.3) is 0 Å². The summed E-state index contributed by atoms with van der Waals surface area (Å²) in [6.07, 6.45) is 0. The van der Waals surface area contributed by atoms with Crippen molar-refractivity contribution < 1.29 is 18.3 Å². The second-order valence-corrected chi connectivity index (χ2v) is 4.46. The number of anilines is 2. The summed E-state index contributed by atoms with van der Waals surface area (Å²) in [5.74, 6) is -1.33. The van der Waals surface area contributed by atoms with Gasteiger partial charge >= 0.3 is 0 Å². The molecule has 0 saturated heterocycles. The van der Waals surface area contributed by atoms with Gasteiger partial charge in [-0.15, -0.1) is 0 Å². The van der Waals surface area contributed by atoms with Crippen LogP contribution in [0.2, 0.25) is 0 Å². The van der Waals surface area contributed by atoms with E-state index < -0.39 is 17.5 Å². The summed E-state index contributed by atoms with van der Waals surface area (Å²) in [5.41, 5.74) is 0.602. The van der Waals surface area contributed by atoms with Gasteiger partial charge in [0, 0.05) is 6.07 Å². The largest absolute Gasteiger partial charge is 0.492 e. The van der Waals surface area contributed by atoms with E-state index in [1.54, 1.807) is 12.1 Å². The molecule has 6 heteroatoms. The summed E-state index contributed by atoms with van der Waals surface area (Å²) in [7, 11) is 0. The number of ether oxygens (including phenoxy) is 1. The molecule has 0 spiro atoms. The standard InChI is InChI=1S/C16H16F2N2O2/c1-2-22-15-6-4-3-5-14(15)19-10-16(21)20-13-8-7-11(17)9-12(13)18/h3-9,19H,2,10H2,1H3,(H,20,21). The van der Waals surface area contributed by atoms with Crippen molar-refractivity contribution in [3.05, 3.63) is 54.1 Å². The van der Waals surface area contributed by atoms with E-state index in [0.29, 0.717) is 24.1 Å². The molecule has 116 valence electrons. The van der Waals surface area contributed by atoms with Gasteiger partial charge in [0.1, 0.15) is 17.4 Å². The van der Waals surface area contributed by atoms with Crippen LogP contribution in [-0.2, 0) is 4.79 Å². The van der Waals surface area contributed by atoms with Gasteiger partial charge in [-0.3, -0.25) is 4.79 Å². The highest BCUT2D eigenvalue weighted by atomic mass is 19.1. The van der Waals surface area contributed by atoms with Crippen LogP contribution in [0.5, 0.6) is 5.75 Å². The van der Waals surface area contributed by atoms with Crippen LogP contribution in [0.4, 0.5) is 20.2 Å². The number of halogens is 2. The zero-order chi connectivity index (χ0) is 15.9. The molecular weight excluding hydrogens is 290 g/mol. The summed E-state index contributed by atoms with van der Waals surface area (Å²) in [5, 5.41) is 5.29. The summed E-state index contributed by atoms with van der Waals surface area (Å²) < 4.78 is 31.7. The molecule has 0 saturated carbocycles. The van der Waals surface area contributed by atoms with Gasteiger partial charge in [-0.25, -0.2) is 8.78 Å². The van der Waals surface area contributed by atoms with E-state index in [2.05, 4.69) is 10.6 Å². The fourth-order valence-electron chi connectivity index (χ4n) is 1.85. The predicted molar refractivity (Wildman–Crippen MR) is 81.1 cm³/mol. The quantitative estimate of drug-likeness (QED) is 0.860. The summed E-state index contributed by atoms with van der Waals surface area (Å²) in [6.45, 7) is 2.30. The molecule has 2 rings (SSSR count). The third kappa shape index (κ3) is 4.18. The first-order valence-electron chi connectivity index (χ1n) is 6.80. The fourth-order valence-corrected chi connectivity index (χ4v) is 1.85. The number of nitrogens with one attached hydrogen (secondary N) is 2. The number of amides is 1. The van der Waals surface area contributed by atoms with Crippen molar-refractivity contribution in [3.8, 4) is 5.75 Å². The predicted octanol–water partition coefficient (Wildman–Crippen LogP) is 3.41. The Hall–Kier alpha value is -2.63. The number of rotatable bonds is 6. The molecular formula is C16H16F2N2O2. The van der Waals surface area contributed by atoms with Crippen molar-refractivity contribution in [1.82, 2.24) is 0 Å². The third-order valence-corrected chi connectivity index (χ3v) is 2.83. The molecule has 0 fully saturated rings. The summed E-state index contributed by atoms with van der Waals surface area (Å²) in [4.78, 5) is 11.8. The number of hydrogen-bond acceptors (Lipinski definition) is 3. The highest BCUT2D eigenvalue weighted by Crippen LogP contribution is 2.23. The lowest BCUT2D eigenvalue weighted by Crippen LogP contribution is -2.22. The van der Waals surface area contributed by atoms with E-state index in [9.17, 15) is 13.6 Å². The summed E-state index contributed by atoms with van der Waals surface area (Å²) in [6, 6.07) is 10.2. The zero-order valence-electron chi connectivity index (χ0n) is 12.0. The molecule has 4 nitrogen and oxygen atoms in total. The van der Waals surface area contributed by atoms with Crippen LogP contribution in [0.15, 0.2) is 42.5 Å². The van der Waals surface area contributed by atoms with Gasteiger partial charge in [-0.05, 0) is 31.2 Å². The maximum Gasteiger partial charge on any atom is 0.243 e. The second kappa shape index (κ2) is 7.40. The van der Waals surface area contributed by atoms with Crippen LogP contribution in [0.3, 0.4) is 0 Å². The van der Waals surface area contributed by atoms with Crippen molar-refractivity contribution in [2.24, 2.45) is 0 Å². The molecule has 0 heterocycles. The Morgan fingerprint density at radius 1 is 1.14 bits per heavy atom. The van der Waals surface area contributed by atoms with Crippen molar-refractivity contribution >= 4 is 17.3 Å². The molecule has 2 N–H and O–H groups in total. The normalized spacial score (nSPS) is 10.1. The van der Waals surface area contributed by atoms with Gasteiger partial charge in [-0.1, -0.05) is 12.1 Å². The molecule has 0 radical (unpaired) electrons. The lowest BCUT2D eigenvalue weighted by Gasteiger charge is -2.12. The van der Waals surface area contributed by atoms with Gasteiger partial charge < -0.3 is 15.4 Å². The molecule has 2 aromatic carbocycles. The minimum Gasteiger partial charge on any atom is -0.492 e. The molecule has 22 heavy (non-hydrogen) atoms. The molecule has 2 aromatic rings. The Labute approximate surface area is 127 Å². The molecule has 0 aliphatic rings. The molecule has 0 aromatic heterocycles. The molecule has 0 aliphatic heterocycles. The van der Waals surface area contributed by atoms with Gasteiger partial charge in [0.05, 0.1) is 24.5 Å². The minimum atomic E-state index is -0.817. The van der Waals surface area contributed by atoms with Gasteiger partial charge in [0.15, 0.2) is 0 Å². The average molecular weight is 306 g/mol. The van der Waals surface area contributed by atoms with E-state index in [0.717, 1.165) is 6.07 Å². The second-order valence-electron chi connectivity index (χ2n) is 4.46. The number of hydrogen-bond donors (Lipinski definition) is 2. The van der Waals surface area contributed by atoms with Crippen LogP contribution >= 0.6 is 0 Å². The first-order valence-corrected chi connectivity index (χ1v) is 6.80. The topological polar surface area (TPSA) is 50.4 Å². The van der Waals surface area contributed by atoms with Crippen molar-refractivity contribution in [3.63, 3.8) is 0 Å². The zero-order valence-corrected chi connectivity index (χ0v) is 12.0. The Balaban J connectivity index is 1.95. The van der Waals surface area contributed by atoms with Gasteiger partial charge in [0.2, 0.25) is 5.91 Å². The molecule has 0 atom stereocenters. The molecule has 0 unspecified atom stereocenters. The van der Waals surface area contributed by atoms with E-state index in [4.69, 9.17) is 4.74 Å². The van der Waals surface area contributed by atoms with E-state index in [1.165, 1.54) is 6.07 Å². The fraction of sp³-hybridized carbons (Fsp3) is 0.188. The smallest absolute Gasteiger partial charge is 0.243 e. The highest BCUT2D eigenvalue weighted by Gasteiger charge is 2.09. The first-order chi connectivity index (χ1) is 10.6. The van der Waals surface area contributed by atoms with Crippen LogP contribution < -0.4 is 15.4 Å². The van der Waals surface area contributed by atoms with Crippen LogP contribution in [0, 0.1) is 11.6 Å². The van der Waals surface area contributed by atoms with E-state index in [-0.39, 0.29) is 12.2 Å². The molecule has 0 aliphatic carbocycles. The van der Waals surface area contributed by atoms with Crippen molar-refractivity contribution in [1.29, 1.82) is 0 Å². The first kappa shape index (κ1) is 15.8. The SMILES string of the molecule is CCOc1ccccc1NCC(=O)Nc1ccc(F)cc1F. The lowest BCUT2D eigenvalue weighted by molar-refractivity contribution is -0.114. The van der Waals surface area contributed by atoms with E-state index in [1.807, 2.05) is 19.1 Å². The number of benzene rings is 2. The van der Waals surface area contributed by atoms with Crippen LogP contribution in [0.25, 0.3) is 0 Å².